The molecular formula is C72H44Pd-4. The van der Waals surface area contributed by atoms with Gasteiger partial charge >= 0.3 is 0 Å². The molecule has 0 N–H and O–H groups in total. The Balaban J connectivity index is 0.0000000987. The van der Waals surface area contributed by atoms with Crippen molar-refractivity contribution in [2.24, 2.45) is 0 Å². The first-order valence-corrected chi connectivity index (χ1v) is 24.6. The van der Waals surface area contributed by atoms with Gasteiger partial charge in [0.05, 0.1) is 0 Å². The van der Waals surface area contributed by atoms with Crippen LogP contribution in [0.3, 0.4) is 0 Å². The second-order valence-corrected chi connectivity index (χ2v) is 18.2. The summed E-state index contributed by atoms with van der Waals surface area (Å²) in [6, 6.07) is 107. The Hall–Kier alpha value is -8.70. The van der Waals surface area contributed by atoms with Crippen LogP contribution in [0, 0.1) is 24.3 Å². The fourth-order valence-electron chi connectivity index (χ4n) is 11.1. The Morgan fingerprint density at radius 3 is 0.397 bits per heavy atom. The minimum atomic E-state index is 0. The van der Waals surface area contributed by atoms with E-state index in [1.165, 1.54) is 129 Å². The zero-order valence-electron chi connectivity index (χ0n) is 39.7. The summed E-state index contributed by atoms with van der Waals surface area (Å²) in [7, 11) is 0. The first-order chi connectivity index (χ1) is 35.8. The van der Waals surface area contributed by atoms with Crippen molar-refractivity contribution >= 4 is 129 Å². The third kappa shape index (κ3) is 8.11. The molecule has 0 aliphatic rings. The van der Waals surface area contributed by atoms with Crippen molar-refractivity contribution in [1.82, 2.24) is 0 Å². The second kappa shape index (κ2) is 19.8. The summed E-state index contributed by atoms with van der Waals surface area (Å²) >= 11 is 0. The van der Waals surface area contributed by atoms with Crippen LogP contribution in [-0.2, 0) is 20.4 Å². The van der Waals surface area contributed by atoms with Crippen molar-refractivity contribution < 1.29 is 20.4 Å². The van der Waals surface area contributed by atoms with Gasteiger partial charge in [0.25, 0.3) is 0 Å². The summed E-state index contributed by atoms with van der Waals surface area (Å²) < 4.78 is 0. The van der Waals surface area contributed by atoms with Gasteiger partial charge in [-0.1, -0.05) is 259 Å². The molecule has 16 aromatic carbocycles. The van der Waals surface area contributed by atoms with E-state index in [2.05, 4.69) is 267 Å². The molecule has 0 heterocycles. The number of fused-ring (bicyclic) bond motifs is 24. The molecule has 0 atom stereocenters. The summed E-state index contributed by atoms with van der Waals surface area (Å²) in [6.07, 6.45) is 0. The van der Waals surface area contributed by atoms with Gasteiger partial charge in [0.1, 0.15) is 0 Å². The van der Waals surface area contributed by atoms with Crippen LogP contribution in [0.2, 0.25) is 0 Å². The average Bonchev–Trinajstić information content (AvgIpc) is 3.48. The monoisotopic (exact) mass is 1010 g/mol. The molecule has 1 heteroatoms. The molecule has 0 bridgehead atoms. The van der Waals surface area contributed by atoms with E-state index in [0.717, 1.165) is 0 Å². The van der Waals surface area contributed by atoms with E-state index in [0.29, 0.717) is 0 Å². The summed E-state index contributed by atoms with van der Waals surface area (Å²) in [4.78, 5) is 0. The minimum absolute atomic E-state index is 0. The molecule has 346 valence electrons. The molecule has 16 aromatic rings. The summed E-state index contributed by atoms with van der Waals surface area (Å²) in [5.74, 6) is 0. The fourth-order valence-corrected chi connectivity index (χ4v) is 11.1. The quantitative estimate of drug-likeness (QED) is 0.0807. The van der Waals surface area contributed by atoms with Crippen molar-refractivity contribution in [3.63, 3.8) is 0 Å². The van der Waals surface area contributed by atoms with Gasteiger partial charge < -0.3 is 0 Å². The van der Waals surface area contributed by atoms with Crippen molar-refractivity contribution in [3.8, 4) is 0 Å². The maximum absolute atomic E-state index is 3.39. The van der Waals surface area contributed by atoms with Crippen LogP contribution in [0.15, 0.2) is 267 Å². The van der Waals surface area contributed by atoms with Crippen molar-refractivity contribution in [1.29, 1.82) is 0 Å². The SMILES string of the molecule is [Pd].[c-]1cccc2c1c1ccccc1c1ccccc21.[c-]1cccc2c1c1ccccc1c1ccccc21.[c-]1cccc2c1c1ccccc1c1ccccc21.[c-]1cccc2c1c1ccccc1c1ccccc21. The topological polar surface area (TPSA) is 0 Å². The molecule has 0 saturated heterocycles. The molecule has 16 rings (SSSR count). The number of hydrogen-bond acceptors (Lipinski definition) is 0. The first kappa shape index (κ1) is 45.4. The molecule has 0 unspecified atom stereocenters. The smallest absolute Gasteiger partial charge is 0 e. The molecule has 0 nitrogen and oxygen atoms in total. The molecule has 0 aliphatic carbocycles. The Kier molecular flexibility index (Phi) is 12.3. The van der Waals surface area contributed by atoms with Crippen LogP contribution in [0.5, 0.6) is 0 Å². The van der Waals surface area contributed by atoms with Crippen LogP contribution in [0.25, 0.3) is 129 Å². The summed E-state index contributed by atoms with van der Waals surface area (Å²) in [5.41, 5.74) is 0. The molecule has 0 fully saturated rings. The molecule has 0 aliphatic heterocycles. The predicted octanol–water partition coefficient (Wildman–Crippen LogP) is 19.8. The third-order valence-corrected chi connectivity index (χ3v) is 14.2. The second-order valence-electron chi connectivity index (χ2n) is 18.2. The van der Waals surface area contributed by atoms with Gasteiger partial charge in [0, 0.05) is 20.4 Å². The van der Waals surface area contributed by atoms with Crippen molar-refractivity contribution in [2.75, 3.05) is 0 Å². The normalized spacial score (nSPS) is 11.2. The standard InChI is InChI=1S/4C18H11.Pd/c4*1-2-8-14-13(7-1)15-9-3-4-11-17(15)18-12-6-5-10-16(14)18;/h4*1-11H;/q4*-1;. The molecule has 0 radical (unpaired) electrons. The Morgan fingerprint density at radius 1 is 0.137 bits per heavy atom. The van der Waals surface area contributed by atoms with Crippen LogP contribution < -0.4 is 0 Å². The van der Waals surface area contributed by atoms with Gasteiger partial charge in [-0.15, -0.1) is 140 Å². The average molecular weight is 1020 g/mol. The van der Waals surface area contributed by atoms with Crippen LogP contribution in [0.4, 0.5) is 0 Å². The maximum Gasteiger partial charge on any atom is 0 e. The van der Waals surface area contributed by atoms with Gasteiger partial charge in [-0.2, -0.15) is 0 Å². The minimum Gasteiger partial charge on any atom is -0.147 e. The first-order valence-electron chi connectivity index (χ1n) is 24.6. The van der Waals surface area contributed by atoms with Crippen LogP contribution >= 0.6 is 0 Å². The van der Waals surface area contributed by atoms with Gasteiger partial charge in [-0.3, -0.25) is 0 Å². The fraction of sp³-hybridized carbons (Fsp3) is 0. The van der Waals surface area contributed by atoms with Crippen LogP contribution in [0.1, 0.15) is 0 Å². The molecular weight excluding hydrogens is 971 g/mol. The zero-order chi connectivity index (χ0) is 47.8. The van der Waals surface area contributed by atoms with Gasteiger partial charge in [-0.25, -0.2) is 0 Å². The largest absolute Gasteiger partial charge is 0.147 e. The molecule has 73 heavy (non-hydrogen) atoms. The van der Waals surface area contributed by atoms with E-state index < -0.39 is 0 Å². The Bertz CT molecular complexity index is 3220. The Labute approximate surface area is 438 Å². The molecule has 0 spiro atoms. The van der Waals surface area contributed by atoms with E-state index in [1.807, 2.05) is 24.3 Å². The van der Waals surface area contributed by atoms with Gasteiger partial charge in [0.2, 0.25) is 0 Å². The Morgan fingerprint density at radius 2 is 0.247 bits per heavy atom. The number of benzene rings is 16. The predicted molar refractivity (Wildman–Crippen MR) is 311 cm³/mol. The van der Waals surface area contributed by atoms with Crippen molar-refractivity contribution in [3.05, 3.63) is 291 Å². The number of hydrogen-bond donors (Lipinski definition) is 0. The molecule has 0 aromatic heterocycles. The van der Waals surface area contributed by atoms with E-state index in [1.54, 1.807) is 0 Å². The summed E-state index contributed by atoms with van der Waals surface area (Å²) in [6.45, 7) is 0. The number of rotatable bonds is 0. The maximum atomic E-state index is 3.39. The van der Waals surface area contributed by atoms with Crippen LogP contribution in [-0.4, -0.2) is 0 Å². The van der Waals surface area contributed by atoms with Gasteiger partial charge in [0.15, 0.2) is 0 Å². The third-order valence-electron chi connectivity index (χ3n) is 14.2. The van der Waals surface area contributed by atoms with E-state index in [9.17, 15) is 0 Å². The van der Waals surface area contributed by atoms with E-state index >= 15 is 0 Å². The van der Waals surface area contributed by atoms with E-state index in [-0.39, 0.29) is 20.4 Å². The van der Waals surface area contributed by atoms with Crippen molar-refractivity contribution in [2.45, 2.75) is 0 Å². The van der Waals surface area contributed by atoms with E-state index in [4.69, 9.17) is 0 Å². The summed E-state index contributed by atoms with van der Waals surface area (Å²) in [5, 5.41) is 30.9. The van der Waals surface area contributed by atoms with Gasteiger partial charge in [-0.05, 0) is 21.5 Å². The molecule has 0 saturated carbocycles. The molecule has 0 amide bonds. The zero-order valence-corrected chi connectivity index (χ0v) is 41.3.